The van der Waals surface area contributed by atoms with Gasteiger partial charge in [0.25, 0.3) is 0 Å². The van der Waals surface area contributed by atoms with Crippen LogP contribution in [-0.4, -0.2) is 19.0 Å². The molecule has 1 aromatic carbocycles. The molecule has 0 bridgehead atoms. The number of amides is 1. The van der Waals surface area contributed by atoms with Crippen molar-refractivity contribution >= 4 is 17.5 Å². The van der Waals surface area contributed by atoms with Gasteiger partial charge in [-0.2, -0.15) is 0 Å². The third-order valence-corrected chi connectivity index (χ3v) is 4.30. The highest BCUT2D eigenvalue weighted by atomic mass is 35.5. The van der Waals surface area contributed by atoms with Crippen molar-refractivity contribution in [2.24, 2.45) is 5.41 Å². The molecule has 1 aliphatic heterocycles. The Kier molecular flexibility index (Phi) is 4.83. The highest BCUT2D eigenvalue weighted by Gasteiger charge is 2.37. The molecular formula is C15H21ClN2O. The van der Waals surface area contributed by atoms with E-state index in [9.17, 15) is 4.79 Å². The standard InChI is InChI=1S/C15H21ClN2O/c1-2-15(6-8-17-9-7-15)14(19)18-11-12-4-3-5-13(16)10-12/h3-5,10,17H,2,6-9,11H2,1H3,(H,18,19). The summed E-state index contributed by atoms with van der Waals surface area (Å²) < 4.78 is 0. The second-order valence-corrected chi connectivity index (χ2v) is 5.63. The van der Waals surface area contributed by atoms with Gasteiger partial charge in [0.05, 0.1) is 5.41 Å². The fourth-order valence-corrected chi connectivity index (χ4v) is 2.88. The maximum atomic E-state index is 12.4. The van der Waals surface area contributed by atoms with Crippen LogP contribution < -0.4 is 10.6 Å². The number of benzene rings is 1. The molecule has 2 N–H and O–H groups in total. The smallest absolute Gasteiger partial charge is 0.226 e. The van der Waals surface area contributed by atoms with Crippen molar-refractivity contribution in [2.45, 2.75) is 32.7 Å². The Morgan fingerprint density at radius 1 is 1.42 bits per heavy atom. The summed E-state index contributed by atoms with van der Waals surface area (Å²) in [5, 5.41) is 7.08. The van der Waals surface area contributed by atoms with E-state index in [0.717, 1.165) is 37.9 Å². The largest absolute Gasteiger partial charge is 0.352 e. The van der Waals surface area contributed by atoms with Gasteiger partial charge in [-0.25, -0.2) is 0 Å². The molecule has 1 aromatic rings. The van der Waals surface area contributed by atoms with Crippen molar-refractivity contribution in [1.82, 2.24) is 10.6 Å². The summed E-state index contributed by atoms with van der Waals surface area (Å²) in [6, 6.07) is 7.62. The lowest BCUT2D eigenvalue weighted by Crippen LogP contribution is -2.47. The lowest BCUT2D eigenvalue weighted by molar-refractivity contribution is -0.133. The number of hydrogen-bond donors (Lipinski definition) is 2. The predicted octanol–water partition coefficient (Wildman–Crippen LogP) is 2.74. The summed E-state index contributed by atoms with van der Waals surface area (Å²) in [6.07, 6.45) is 2.74. The molecule has 1 amide bonds. The molecule has 0 atom stereocenters. The maximum Gasteiger partial charge on any atom is 0.226 e. The molecule has 1 heterocycles. The number of halogens is 1. The van der Waals surface area contributed by atoms with Crippen molar-refractivity contribution in [3.8, 4) is 0 Å². The third kappa shape index (κ3) is 3.48. The molecule has 0 radical (unpaired) electrons. The summed E-state index contributed by atoms with van der Waals surface area (Å²) in [6.45, 7) is 4.51. The molecule has 1 saturated heterocycles. The van der Waals surface area contributed by atoms with Crippen LogP contribution in [0.3, 0.4) is 0 Å². The van der Waals surface area contributed by atoms with Crippen LogP contribution in [0.4, 0.5) is 0 Å². The number of hydrogen-bond acceptors (Lipinski definition) is 2. The van der Waals surface area contributed by atoms with Crippen LogP contribution in [0.5, 0.6) is 0 Å². The van der Waals surface area contributed by atoms with Gasteiger partial charge in [0.15, 0.2) is 0 Å². The Hall–Kier alpha value is -1.06. The van der Waals surface area contributed by atoms with Gasteiger partial charge in [0, 0.05) is 11.6 Å². The number of carbonyl (C=O) groups is 1. The second kappa shape index (κ2) is 6.40. The first-order valence-electron chi connectivity index (χ1n) is 6.90. The molecule has 0 unspecified atom stereocenters. The van der Waals surface area contributed by atoms with Gasteiger partial charge in [0.1, 0.15) is 0 Å². The van der Waals surface area contributed by atoms with E-state index < -0.39 is 0 Å². The zero-order chi connectivity index (χ0) is 13.7. The summed E-state index contributed by atoms with van der Waals surface area (Å²) in [5.74, 6) is 0.177. The molecule has 0 aromatic heterocycles. The number of rotatable bonds is 4. The zero-order valence-electron chi connectivity index (χ0n) is 11.3. The Morgan fingerprint density at radius 3 is 2.79 bits per heavy atom. The van der Waals surface area contributed by atoms with Crippen molar-refractivity contribution in [1.29, 1.82) is 0 Å². The maximum absolute atomic E-state index is 12.4. The summed E-state index contributed by atoms with van der Waals surface area (Å²) in [4.78, 5) is 12.4. The van der Waals surface area contributed by atoms with Crippen LogP contribution in [-0.2, 0) is 11.3 Å². The van der Waals surface area contributed by atoms with Gasteiger partial charge in [0.2, 0.25) is 5.91 Å². The van der Waals surface area contributed by atoms with Gasteiger partial charge in [-0.1, -0.05) is 30.7 Å². The normalized spacial score (nSPS) is 18.0. The molecule has 0 saturated carbocycles. The minimum Gasteiger partial charge on any atom is -0.352 e. The molecule has 1 aliphatic rings. The fourth-order valence-electron chi connectivity index (χ4n) is 2.66. The summed E-state index contributed by atoms with van der Waals surface area (Å²) in [5.41, 5.74) is 0.852. The molecule has 2 rings (SSSR count). The van der Waals surface area contributed by atoms with Crippen LogP contribution in [0.2, 0.25) is 5.02 Å². The average Bonchev–Trinajstić information content (AvgIpc) is 2.45. The Labute approximate surface area is 119 Å². The second-order valence-electron chi connectivity index (χ2n) is 5.20. The topological polar surface area (TPSA) is 41.1 Å². The Morgan fingerprint density at radius 2 is 2.16 bits per heavy atom. The SMILES string of the molecule is CCC1(C(=O)NCc2cccc(Cl)c2)CCNCC1. The molecule has 3 nitrogen and oxygen atoms in total. The fraction of sp³-hybridized carbons (Fsp3) is 0.533. The average molecular weight is 281 g/mol. The molecule has 19 heavy (non-hydrogen) atoms. The Balaban J connectivity index is 1.96. The van der Waals surface area contributed by atoms with Crippen LogP contribution in [0.1, 0.15) is 31.7 Å². The molecule has 0 spiro atoms. The third-order valence-electron chi connectivity index (χ3n) is 4.06. The van der Waals surface area contributed by atoms with Crippen molar-refractivity contribution in [2.75, 3.05) is 13.1 Å². The van der Waals surface area contributed by atoms with E-state index in [-0.39, 0.29) is 11.3 Å². The molecule has 104 valence electrons. The van der Waals surface area contributed by atoms with Gasteiger partial charge in [-0.3, -0.25) is 4.79 Å². The van der Waals surface area contributed by atoms with E-state index in [1.807, 2.05) is 24.3 Å². The van der Waals surface area contributed by atoms with E-state index in [0.29, 0.717) is 11.6 Å². The lowest BCUT2D eigenvalue weighted by atomic mass is 9.76. The highest BCUT2D eigenvalue weighted by molar-refractivity contribution is 6.30. The van der Waals surface area contributed by atoms with Gasteiger partial charge < -0.3 is 10.6 Å². The summed E-state index contributed by atoms with van der Waals surface area (Å²) in [7, 11) is 0. The van der Waals surface area contributed by atoms with Gasteiger partial charge in [-0.15, -0.1) is 0 Å². The van der Waals surface area contributed by atoms with Crippen LogP contribution in [0, 0.1) is 5.41 Å². The predicted molar refractivity (Wildman–Crippen MR) is 78.1 cm³/mol. The molecule has 1 fully saturated rings. The quantitative estimate of drug-likeness (QED) is 0.890. The van der Waals surface area contributed by atoms with Crippen LogP contribution in [0.25, 0.3) is 0 Å². The van der Waals surface area contributed by atoms with E-state index in [4.69, 9.17) is 11.6 Å². The van der Waals surface area contributed by atoms with E-state index in [1.165, 1.54) is 0 Å². The monoisotopic (exact) mass is 280 g/mol. The first kappa shape index (κ1) is 14.4. The van der Waals surface area contributed by atoms with Gasteiger partial charge >= 0.3 is 0 Å². The minimum absolute atomic E-state index is 0.177. The van der Waals surface area contributed by atoms with Crippen molar-refractivity contribution in [3.63, 3.8) is 0 Å². The first-order valence-corrected chi connectivity index (χ1v) is 7.27. The van der Waals surface area contributed by atoms with E-state index in [2.05, 4.69) is 17.6 Å². The number of carbonyl (C=O) groups excluding carboxylic acids is 1. The lowest BCUT2D eigenvalue weighted by Gasteiger charge is -2.35. The number of nitrogens with one attached hydrogen (secondary N) is 2. The Bertz CT molecular complexity index is 442. The zero-order valence-corrected chi connectivity index (χ0v) is 12.1. The van der Waals surface area contributed by atoms with E-state index in [1.54, 1.807) is 0 Å². The van der Waals surface area contributed by atoms with Crippen molar-refractivity contribution in [3.05, 3.63) is 34.9 Å². The highest BCUT2D eigenvalue weighted by Crippen LogP contribution is 2.32. The minimum atomic E-state index is -0.191. The summed E-state index contributed by atoms with van der Waals surface area (Å²) >= 11 is 5.94. The first-order chi connectivity index (χ1) is 9.16. The van der Waals surface area contributed by atoms with Gasteiger partial charge in [-0.05, 0) is 50.0 Å². The number of piperidine rings is 1. The van der Waals surface area contributed by atoms with Crippen LogP contribution >= 0.6 is 11.6 Å². The van der Waals surface area contributed by atoms with E-state index >= 15 is 0 Å². The molecule has 4 heteroatoms. The van der Waals surface area contributed by atoms with Crippen LogP contribution in [0.15, 0.2) is 24.3 Å². The molecule has 0 aliphatic carbocycles. The van der Waals surface area contributed by atoms with Crippen molar-refractivity contribution < 1.29 is 4.79 Å². The molecular weight excluding hydrogens is 260 g/mol.